The zero-order valence-electron chi connectivity index (χ0n) is 12.5. The second kappa shape index (κ2) is 6.36. The van der Waals surface area contributed by atoms with E-state index in [2.05, 4.69) is 21.2 Å². The number of urea groups is 1. The first-order valence-corrected chi connectivity index (χ1v) is 8.54. The van der Waals surface area contributed by atoms with Crippen LogP contribution in [0.5, 0.6) is 0 Å². The van der Waals surface area contributed by atoms with Crippen LogP contribution in [0.4, 0.5) is 4.79 Å². The predicted molar refractivity (Wildman–Crippen MR) is 87.8 cm³/mol. The Labute approximate surface area is 137 Å². The Morgan fingerprint density at radius 3 is 2.24 bits per heavy atom. The molecule has 2 rings (SSSR count). The van der Waals surface area contributed by atoms with Crippen molar-refractivity contribution in [3.63, 3.8) is 0 Å². The number of nitrogens with one attached hydrogen (secondary N) is 1. The highest BCUT2D eigenvalue weighted by atomic mass is 79.9. The molecule has 1 fully saturated rings. The van der Waals surface area contributed by atoms with Crippen LogP contribution < -0.4 is 5.32 Å². The lowest BCUT2D eigenvalue weighted by Crippen LogP contribution is -2.55. The van der Waals surface area contributed by atoms with Gasteiger partial charge in [0.05, 0.1) is 4.88 Å². The number of carbonyl (C=O) groups is 2. The molecular formula is C14H20BrN3O2S. The van der Waals surface area contributed by atoms with E-state index < -0.39 is 0 Å². The number of nitrogens with zero attached hydrogens (tertiary/aromatic N) is 2. The molecule has 0 aliphatic carbocycles. The second-order valence-electron chi connectivity index (χ2n) is 6.09. The van der Waals surface area contributed by atoms with Crippen molar-refractivity contribution >= 4 is 39.2 Å². The van der Waals surface area contributed by atoms with Crippen LogP contribution in [0.1, 0.15) is 30.4 Å². The van der Waals surface area contributed by atoms with Gasteiger partial charge in [-0.25, -0.2) is 4.79 Å². The average molecular weight is 374 g/mol. The van der Waals surface area contributed by atoms with Crippen LogP contribution in [0.3, 0.4) is 0 Å². The molecule has 1 aromatic heterocycles. The molecule has 0 aromatic carbocycles. The predicted octanol–water partition coefficient (Wildman–Crippen LogP) is 2.78. The maximum Gasteiger partial charge on any atom is 0.317 e. The molecule has 21 heavy (non-hydrogen) atoms. The fourth-order valence-corrected chi connectivity index (χ4v) is 3.49. The lowest BCUT2D eigenvalue weighted by Gasteiger charge is -2.36. The Hall–Kier alpha value is -1.08. The van der Waals surface area contributed by atoms with Crippen molar-refractivity contribution in [1.82, 2.24) is 15.1 Å². The smallest absolute Gasteiger partial charge is 0.317 e. The number of hydrogen-bond acceptors (Lipinski definition) is 3. The maximum atomic E-state index is 12.3. The van der Waals surface area contributed by atoms with Gasteiger partial charge in [-0.2, -0.15) is 0 Å². The van der Waals surface area contributed by atoms with Crippen LogP contribution in [-0.2, 0) is 0 Å². The van der Waals surface area contributed by atoms with Crippen molar-refractivity contribution in [3.8, 4) is 0 Å². The van der Waals surface area contributed by atoms with E-state index in [1.165, 1.54) is 11.3 Å². The minimum Gasteiger partial charge on any atom is -0.334 e. The highest BCUT2D eigenvalue weighted by Crippen LogP contribution is 2.21. The van der Waals surface area contributed by atoms with Crippen molar-refractivity contribution in [2.24, 2.45) is 0 Å². The number of piperazine rings is 1. The van der Waals surface area contributed by atoms with Crippen molar-refractivity contribution in [1.29, 1.82) is 0 Å². The molecule has 116 valence electrons. The Kier molecular flexibility index (Phi) is 4.93. The van der Waals surface area contributed by atoms with Crippen molar-refractivity contribution in [2.45, 2.75) is 26.3 Å². The molecule has 0 atom stereocenters. The Balaban J connectivity index is 1.88. The summed E-state index contributed by atoms with van der Waals surface area (Å²) in [5, 5.41) is 4.85. The van der Waals surface area contributed by atoms with E-state index in [9.17, 15) is 9.59 Å². The SMILES string of the molecule is CC(C)(C)NC(=O)N1CCN(C(=O)c2cc(Br)cs2)CC1. The summed E-state index contributed by atoms with van der Waals surface area (Å²) in [6.07, 6.45) is 0. The summed E-state index contributed by atoms with van der Waals surface area (Å²) < 4.78 is 0.930. The molecule has 1 aliphatic rings. The number of amides is 3. The highest BCUT2D eigenvalue weighted by molar-refractivity contribution is 9.10. The summed E-state index contributed by atoms with van der Waals surface area (Å²) in [5.74, 6) is 0.0431. The Bertz CT molecular complexity index is 531. The van der Waals surface area contributed by atoms with Gasteiger partial charge in [-0.1, -0.05) is 0 Å². The van der Waals surface area contributed by atoms with Crippen LogP contribution in [0.15, 0.2) is 15.9 Å². The van der Waals surface area contributed by atoms with Crippen LogP contribution >= 0.6 is 27.3 Å². The number of rotatable bonds is 1. The molecule has 0 spiro atoms. The molecule has 3 amide bonds. The lowest BCUT2D eigenvalue weighted by atomic mass is 10.1. The molecule has 1 N–H and O–H groups in total. The lowest BCUT2D eigenvalue weighted by molar-refractivity contribution is 0.0666. The van der Waals surface area contributed by atoms with E-state index in [0.29, 0.717) is 26.2 Å². The van der Waals surface area contributed by atoms with E-state index in [4.69, 9.17) is 0 Å². The van der Waals surface area contributed by atoms with Gasteiger partial charge in [0.2, 0.25) is 0 Å². The van der Waals surface area contributed by atoms with E-state index in [0.717, 1.165) is 9.35 Å². The minimum absolute atomic E-state index is 0.0431. The number of hydrogen-bond donors (Lipinski definition) is 1. The van der Waals surface area contributed by atoms with Gasteiger partial charge >= 0.3 is 6.03 Å². The fraction of sp³-hybridized carbons (Fsp3) is 0.571. The zero-order chi connectivity index (χ0) is 15.6. The molecule has 1 aromatic rings. The summed E-state index contributed by atoms with van der Waals surface area (Å²) >= 11 is 4.79. The topological polar surface area (TPSA) is 52.7 Å². The van der Waals surface area contributed by atoms with Gasteiger partial charge < -0.3 is 15.1 Å². The third-order valence-corrected chi connectivity index (χ3v) is 4.79. The minimum atomic E-state index is -0.243. The standard InChI is InChI=1S/C14H20BrN3O2S/c1-14(2,3)16-13(20)18-6-4-17(5-7-18)12(19)11-8-10(15)9-21-11/h8-9H,4-7H2,1-3H3,(H,16,20). The van der Waals surface area contributed by atoms with Crippen molar-refractivity contribution in [3.05, 3.63) is 20.8 Å². The van der Waals surface area contributed by atoms with Gasteiger partial charge in [0, 0.05) is 41.6 Å². The first kappa shape index (κ1) is 16.3. The Morgan fingerprint density at radius 1 is 1.19 bits per heavy atom. The molecular weight excluding hydrogens is 354 g/mol. The average Bonchev–Trinajstić information content (AvgIpc) is 2.83. The van der Waals surface area contributed by atoms with Gasteiger partial charge in [-0.3, -0.25) is 4.79 Å². The van der Waals surface area contributed by atoms with Crippen LogP contribution in [0.2, 0.25) is 0 Å². The summed E-state index contributed by atoms with van der Waals surface area (Å²) in [4.78, 5) is 28.7. The molecule has 7 heteroatoms. The molecule has 1 saturated heterocycles. The molecule has 0 unspecified atom stereocenters. The first-order valence-electron chi connectivity index (χ1n) is 6.87. The Morgan fingerprint density at radius 2 is 1.76 bits per heavy atom. The highest BCUT2D eigenvalue weighted by Gasteiger charge is 2.27. The summed E-state index contributed by atoms with van der Waals surface area (Å²) in [7, 11) is 0. The molecule has 0 saturated carbocycles. The van der Waals surface area contributed by atoms with E-state index in [-0.39, 0.29) is 17.5 Å². The summed E-state index contributed by atoms with van der Waals surface area (Å²) in [6, 6.07) is 1.78. The van der Waals surface area contributed by atoms with Crippen molar-refractivity contribution < 1.29 is 9.59 Å². The summed E-state index contributed by atoms with van der Waals surface area (Å²) in [6.45, 7) is 8.16. The molecule has 5 nitrogen and oxygen atoms in total. The first-order chi connectivity index (χ1) is 9.76. The van der Waals surface area contributed by atoms with Gasteiger partial charge in [0.15, 0.2) is 0 Å². The summed E-state index contributed by atoms with van der Waals surface area (Å²) in [5.41, 5.74) is -0.243. The van der Waals surface area contributed by atoms with E-state index in [1.807, 2.05) is 32.2 Å². The monoisotopic (exact) mass is 373 g/mol. The third kappa shape index (κ3) is 4.44. The van der Waals surface area contributed by atoms with Crippen LogP contribution in [0.25, 0.3) is 0 Å². The second-order valence-corrected chi connectivity index (χ2v) is 7.92. The van der Waals surface area contributed by atoms with Crippen LogP contribution in [0, 0.1) is 0 Å². The largest absolute Gasteiger partial charge is 0.334 e. The molecule has 1 aliphatic heterocycles. The number of carbonyl (C=O) groups excluding carboxylic acids is 2. The normalized spacial score (nSPS) is 16.0. The number of halogens is 1. The molecule has 2 heterocycles. The van der Waals surface area contributed by atoms with Crippen LogP contribution in [-0.4, -0.2) is 53.5 Å². The maximum absolute atomic E-state index is 12.3. The molecule has 0 bridgehead atoms. The van der Waals surface area contributed by atoms with Gasteiger partial charge in [-0.15, -0.1) is 11.3 Å². The van der Waals surface area contributed by atoms with Crippen molar-refractivity contribution in [2.75, 3.05) is 26.2 Å². The van der Waals surface area contributed by atoms with E-state index in [1.54, 1.807) is 9.80 Å². The quantitative estimate of drug-likeness (QED) is 0.822. The molecule has 0 radical (unpaired) electrons. The fourth-order valence-electron chi connectivity index (χ4n) is 2.09. The van der Waals surface area contributed by atoms with Gasteiger partial charge in [0.25, 0.3) is 5.91 Å². The van der Waals surface area contributed by atoms with Gasteiger partial charge in [0.1, 0.15) is 0 Å². The third-order valence-electron chi connectivity index (χ3n) is 3.11. The van der Waals surface area contributed by atoms with Gasteiger partial charge in [-0.05, 0) is 42.8 Å². The van der Waals surface area contributed by atoms with E-state index >= 15 is 0 Å². The number of thiophene rings is 1. The zero-order valence-corrected chi connectivity index (χ0v) is 14.9.